The predicted molar refractivity (Wildman–Crippen MR) is 62.6 cm³/mol. The highest BCUT2D eigenvalue weighted by Crippen LogP contribution is 2.35. The van der Waals surface area contributed by atoms with E-state index in [0.29, 0.717) is 0 Å². The van der Waals surface area contributed by atoms with E-state index in [0.717, 1.165) is 22.3 Å². The molecular weight excluding hydrogens is 208 g/mol. The molecule has 1 aliphatic carbocycles. The van der Waals surface area contributed by atoms with Crippen LogP contribution in [0.25, 0.3) is 11.1 Å². The normalized spacial score (nSPS) is 11.6. The van der Waals surface area contributed by atoms with Gasteiger partial charge >= 0.3 is 0 Å². The molecule has 0 saturated heterocycles. The van der Waals surface area contributed by atoms with Gasteiger partial charge in [0.15, 0.2) is 5.78 Å². The first-order valence-electron chi connectivity index (χ1n) is 4.61. The molecule has 0 aliphatic heterocycles. The van der Waals surface area contributed by atoms with Crippen LogP contribution in [0.15, 0.2) is 48.5 Å². The maximum Gasteiger partial charge on any atom is 0.194 e. The lowest BCUT2D eigenvalue weighted by atomic mass is 10.1. The van der Waals surface area contributed by atoms with E-state index < -0.39 is 0 Å². The van der Waals surface area contributed by atoms with Gasteiger partial charge in [-0.15, -0.1) is 12.4 Å². The molecule has 15 heavy (non-hydrogen) atoms. The Labute approximate surface area is 94.2 Å². The molecule has 2 aromatic carbocycles. The fourth-order valence-electron chi connectivity index (χ4n) is 1.98. The van der Waals surface area contributed by atoms with Gasteiger partial charge in [-0.2, -0.15) is 0 Å². The minimum absolute atomic E-state index is 0. The number of rotatable bonds is 0. The van der Waals surface area contributed by atoms with Crippen molar-refractivity contribution in [1.29, 1.82) is 0 Å². The maximum atomic E-state index is 11.9. The molecular formula is C13H9ClO. The minimum Gasteiger partial charge on any atom is -0.289 e. The average Bonchev–Trinajstić information content (AvgIpc) is 2.55. The first kappa shape index (κ1) is 9.94. The van der Waals surface area contributed by atoms with Gasteiger partial charge in [0.25, 0.3) is 0 Å². The molecule has 0 amide bonds. The van der Waals surface area contributed by atoms with Crippen LogP contribution in [-0.4, -0.2) is 5.78 Å². The van der Waals surface area contributed by atoms with Crippen LogP contribution < -0.4 is 0 Å². The van der Waals surface area contributed by atoms with E-state index >= 15 is 0 Å². The molecule has 0 spiro atoms. The van der Waals surface area contributed by atoms with Crippen molar-refractivity contribution in [3.8, 4) is 11.1 Å². The van der Waals surface area contributed by atoms with Crippen molar-refractivity contribution in [2.24, 2.45) is 0 Å². The van der Waals surface area contributed by atoms with Gasteiger partial charge in [0.1, 0.15) is 0 Å². The Hall–Kier alpha value is -1.60. The third kappa shape index (κ3) is 1.28. The van der Waals surface area contributed by atoms with Crippen molar-refractivity contribution in [3.05, 3.63) is 59.7 Å². The minimum atomic E-state index is 0. The summed E-state index contributed by atoms with van der Waals surface area (Å²) in [7, 11) is 0. The summed E-state index contributed by atoms with van der Waals surface area (Å²) in [4.78, 5) is 11.9. The molecule has 0 atom stereocenters. The number of carbonyl (C=O) groups excluding carboxylic acids is 1. The zero-order valence-corrected chi connectivity index (χ0v) is 8.75. The highest BCUT2D eigenvalue weighted by Gasteiger charge is 2.24. The SMILES string of the molecule is Cl.O=C1c2ccccc2-c2ccccc21. The molecule has 3 rings (SSSR count). The Morgan fingerprint density at radius 2 is 0.933 bits per heavy atom. The van der Waals surface area contributed by atoms with E-state index in [-0.39, 0.29) is 18.2 Å². The zero-order valence-electron chi connectivity index (χ0n) is 7.94. The predicted octanol–water partition coefficient (Wildman–Crippen LogP) is 3.32. The Morgan fingerprint density at radius 3 is 1.33 bits per heavy atom. The molecule has 0 heterocycles. The molecule has 0 fully saturated rings. The monoisotopic (exact) mass is 216 g/mol. The number of halogens is 1. The molecule has 0 saturated carbocycles. The molecule has 2 aromatic rings. The second-order valence-electron chi connectivity index (χ2n) is 3.42. The Bertz CT molecular complexity index is 484. The topological polar surface area (TPSA) is 17.1 Å². The van der Waals surface area contributed by atoms with Gasteiger partial charge in [-0.25, -0.2) is 0 Å². The van der Waals surface area contributed by atoms with Crippen molar-refractivity contribution in [2.45, 2.75) is 0 Å². The van der Waals surface area contributed by atoms with Gasteiger partial charge in [0, 0.05) is 11.1 Å². The quantitative estimate of drug-likeness (QED) is 0.564. The van der Waals surface area contributed by atoms with Crippen molar-refractivity contribution >= 4 is 18.2 Å². The van der Waals surface area contributed by atoms with E-state index in [4.69, 9.17) is 0 Å². The number of carbonyl (C=O) groups is 1. The fourth-order valence-corrected chi connectivity index (χ4v) is 1.98. The second kappa shape index (κ2) is 3.52. The van der Waals surface area contributed by atoms with E-state index in [2.05, 4.69) is 0 Å². The van der Waals surface area contributed by atoms with Gasteiger partial charge in [0.2, 0.25) is 0 Å². The molecule has 0 aromatic heterocycles. The third-order valence-electron chi connectivity index (χ3n) is 2.63. The lowest BCUT2D eigenvalue weighted by Crippen LogP contribution is -1.93. The highest BCUT2D eigenvalue weighted by atomic mass is 35.5. The van der Waals surface area contributed by atoms with Gasteiger partial charge in [-0.3, -0.25) is 4.79 Å². The van der Waals surface area contributed by atoms with Crippen molar-refractivity contribution in [2.75, 3.05) is 0 Å². The van der Waals surface area contributed by atoms with Gasteiger partial charge in [0.05, 0.1) is 0 Å². The second-order valence-corrected chi connectivity index (χ2v) is 3.42. The van der Waals surface area contributed by atoms with Crippen LogP contribution in [-0.2, 0) is 0 Å². The first-order chi connectivity index (χ1) is 6.88. The molecule has 74 valence electrons. The van der Waals surface area contributed by atoms with Crippen LogP contribution in [0.2, 0.25) is 0 Å². The van der Waals surface area contributed by atoms with E-state index in [1.807, 2.05) is 48.5 Å². The Balaban J connectivity index is 0.000000853. The molecule has 0 radical (unpaired) electrons. The Morgan fingerprint density at radius 1 is 0.600 bits per heavy atom. The standard InChI is InChI=1S/C13H8O.ClH/c14-13-11-7-3-1-5-9(11)10-6-2-4-8-12(10)13;/h1-8H;1H. The number of hydrogen-bond donors (Lipinski definition) is 0. The summed E-state index contributed by atoms with van der Waals surface area (Å²) in [5.41, 5.74) is 3.78. The van der Waals surface area contributed by atoms with E-state index in [1.165, 1.54) is 0 Å². The number of benzene rings is 2. The van der Waals surface area contributed by atoms with Crippen LogP contribution in [0.1, 0.15) is 15.9 Å². The lowest BCUT2D eigenvalue weighted by Gasteiger charge is -1.96. The molecule has 1 aliphatic rings. The summed E-state index contributed by atoms with van der Waals surface area (Å²) in [6.45, 7) is 0. The Kier molecular flexibility index (Phi) is 2.33. The summed E-state index contributed by atoms with van der Waals surface area (Å²) in [6.07, 6.45) is 0. The smallest absolute Gasteiger partial charge is 0.194 e. The molecule has 0 N–H and O–H groups in total. The molecule has 1 nitrogen and oxygen atoms in total. The average molecular weight is 217 g/mol. The summed E-state index contributed by atoms with van der Waals surface area (Å²) < 4.78 is 0. The maximum absolute atomic E-state index is 11.9. The summed E-state index contributed by atoms with van der Waals surface area (Å²) >= 11 is 0. The van der Waals surface area contributed by atoms with Crippen LogP contribution in [0.3, 0.4) is 0 Å². The lowest BCUT2D eigenvalue weighted by molar-refractivity contribution is 0.104. The van der Waals surface area contributed by atoms with E-state index in [1.54, 1.807) is 0 Å². The largest absolute Gasteiger partial charge is 0.289 e. The highest BCUT2D eigenvalue weighted by molar-refractivity contribution is 6.21. The van der Waals surface area contributed by atoms with Gasteiger partial charge < -0.3 is 0 Å². The summed E-state index contributed by atoms with van der Waals surface area (Å²) in [5, 5.41) is 0. The third-order valence-corrected chi connectivity index (χ3v) is 2.63. The number of ketones is 1. The van der Waals surface area contributed by atoms with Crippen molar-refractivity contribution in [1.82, 2.24) is 0 Å². The summed E-state index contributed by atoms with van der Waals surface area (Å²) in [5.74, 6) is 0.149. The van der Waals surface area contributed by atoms with Gasteiger partial charge in [-0.1, -0.05) is 48.5 Å². The summed E-state index contributed by atoms with van der Waals surface area (Å²) in [6, 6.07) is 15.5. The van der Waals surface area contributed by atoms with Crippen LogP contribution in [0, 0.1) is 0 Å². The molecule has 0 bridgehead atoms. The molecule has 2 heteroatoms. The van der Waals surface area contributed by atoms with Crippen molar-refractivity contribution < 1.29 is 4.79 Å². The zero-order chi connectivity index (χ0) is 9.54. The van der Waals surface area contributed by atoms with Crippen LogP contribution in [0.5, 0.6) is 0 Å². The van der Waals surface area contributed by atoms with Crippen molar-refractivity contribution in [3.63, 3.8) is 0 Å². The number of fused-ring (bicyclic) bond motifs is 3. The molecule has 0 unspecified atom stereocenters. The fraction of sp³-hybridized carbons (Fsp3) is 0. The number of hydrogen-bond acceptors (Lipinski definition) is 1. The first-order valence-corrected chi connectivity index (χ1v) is 4.61. The van der Waals surface area contributed by atoms with Crippen LogP contribution >= 0.6 is 12.4 Å². The van der Waals surface area contributed by atoms with Crippen LogP contribution in [0.4, 0.5) is 0 Å². The van der Waals surface area contributed by atoms with Gasteiger partial charge in [-0.05, 0) is 11.1 Å². The van der Waals surface area contributed by atoms with E-state index in [9.17, 15) is 4.79 Å².